The zero-order valence-corrected chi connectivity index (χ0v) is 16.2. The largest absolute Gasteiger partial charge is 0.480 e. The standard InChI is InChI=1S/C22H18FN3O5/c23-14-5-9-16(10-6-14)31-15-7-3-13(4-8-15)20-24-17(21(27)28)12-19(25-20)26-11-1-2-18(26)22(29)30/h3-10,12,18H,1-2,11H2,(H,27,28)(H,29,30). The Morgan fingerprint density at radius 1 is 1.00 bits per heavy atom. The van der Waals surface area contributed by atoms with Crippen LogP contribution in [-0.4, -0.2) is 44.7 Å². The molecule has 2 aromatic carbocycles. The molecule has 4 rings (SSSR count). The Morgan fingerprint density at radius 2 is 1.65 bits per heavy atom. The van der Waals surface area contributed by atoms with Crippen LogP contribution in [0, 0.1) is 5.82 Å². The van der Waals surface area contributed by atoms with Gasteiger partial charge in [-0.05, 0) is 61.4 Å². The van der Waals surface area contributed by atoms with Crippen molar-refractivity contribution >= 4 is 17.8 Å². The molecule has 0 spiro atoms. The number of nitrogens with zero attached hydrogens (tertiary/aromatic N) is 3. The van der Waals surface area contributed by atoms with Crippen LogP contribution in [0.3, 0.4) is 0 Å². The third-order valence-corrected chi connectivity index (χ3v) is 4.93. The number of anilines is 1. The van der Waals surface area contributed by atoms with Gasteiger partial charge in [-0.25, -0.2) is 23.9 Å². The topological polar surface area (TPSA) is 113 Å². The number of halogens is 1. The quantitative estimate of drug-likeness (QED) is 0.615. The number of rotatable bonds is 6. The maximum absolute atomic E-state index is 13.0. The van der Waals surface area contributed by atoms with Crippen LogP contribution in [0.15, 0.2) is 54.6 Å². The van der Waals surface area contributed by atoms with Gasteiger partial charge < -0.3 is 19.8 Å². The van der Waals surface area contributed by atoms with Crippen LogP contribution in [0.4, 0.5) is 10.2 Å². The molecule has 1 unspecified atom stereocenters. The summed E-state index contributed by atoms with van der Waals surface area (Å²) in [7, 11) is 0. The number of aromatic carboxylic acids is 1. The van der Waals surface area contributed by atoms with Gasteiger partial charge in [0.15, 0.2) is 11.5 Å². The van der Waals surface area contributed by atoms with Gasteiger partial charge in [-0.1, -0.05) is 0 Å². The van der Waals surface area contributed by atoms with Crippen molar-refractivity contribution in [2.45, 2.75) is 18.9 Å². The van der Waals surface area contributed by atoms with Gasteiger partial charge in [0.2, 0.25) is 0 Å². The second-order valence-electron chi connectivity index (χ2n) is 7.01. The Morgan fingerprint density at radius 3 is 2.26 bits per heavy atom. The second kappa shape index (κ2) is 8.39. The van der Waals surface area contributed by atoms with Gasteiger partial charge in [-0.2, -0.15) is 0 Å². The molecule has 0 bridgehead atoms. The summed E-state index contributed by atoms with van der Waals surface area (Å²) in [4.78, 5) is 33.2. The van der Waals surface area contributed by atoms with E-state index in [1.54, 1.807) is 29.2 Å². The molecule has 1 atom stereocenters. The van der Waals surface area contributed by atoms with Crippen LogP contribution in [0.5, 0.6) is 11.5 Å². The monoisotopic (exact) mass is 423 g/mol. The Labute approximate surface area is 176 Å². The minimum atomic E-state index is -1.23. The number of ether oxygens (including phenoxy) is 1. The van der Waals surface area contributed by atoms with E-state index < -0.39 is 18.0 Å². The van der Waals surface area contributed by atoms with Crippen LogP contribution in [-0.2, 0) is 4.79 Å². The lowest BCUT2D eigenvalue weighted by Crippen LogP contribution is -2.36. The van der Waals surface area contributed by atoms with Gasteiger partial charge in [0, 0.05) is 18.2 Å². The van der Waals surface area contributed by atoms with Crippen molar-refractivity contribution in [3.05, 3.63) is 66.1 Å². The summed E-state index contributed by atoms with van der Waals surface area (Å²) in [5, 5.41) is 18.9. The molecular weight excluding hydrogens is 405 g/mol. The number of carboxylic acid groups (broad SMARTS) is 2. The van der Waals surface area contributed by atoms with Crippen molar-refractivity contribution in [2.24, 2.45) is 0 Å². The van der Waals surface area contributed by atoms with Crippen LogP contribution in [0.1, 0.15) is 23.3 Å². The third kappa shape index (κ3) is 4.45. The SMILES string of the molecule is O=C(O)c1cc(N2CCCC2C(=O)O)nc(-c2ccc(Oc3ccc(F)cc3)cc2)n1. The minimum absolute atomic E-state index is 0.166. The van der Waals surface area contributed by atoms with E-state index in [2.05, 4.69) is 9.97 Å². The number of aromatic nitrogens is 2. The average molecular weight is 423 g/mol. The lowest BCUT2D eigenvalue weighted by Gasteiger charge is -2.23. The van der Waals surface area contributed by atoms with Crippen molar-refractivity contribution in [3.63, 3.8) is 0 Å². The number of aliphatic carboxylic acids is 1. The van der Waals surface area contributed by atoms with E-state index in [0.29, 0.717) is 36.4 Å². The molecule has 0 radical (unpaired) electrons. The first-order valence-corrected chi connectivity index (χ1v) is 9.56. The number of hydrogen-bond acceptors (Lipinski definition) is 6. The number of carbonyl (C=O) groups is 2. The molecular formula is C22H18FN3O5. The van der Waals surface area contributed by atoms with E-state index in [4.69, 9.17) is 4.74 Å². The normalized spacial score (nSPS) is 15.6. The van der Waals surface area contributed by atoms with E-state index >= 15 is 0 Å². The van der Waals surface area contributed by atoms with Gasteiger partial charge in [0.1, 0.15) is 29.2 Å². The molecule has 0 aliphatic carbocycles. The molecule has 158 valence electrons. The van der Waals surface area contributed by atoms with Crippen molar-refractivity contribution in [1.82, 2.24) is 9.97 Å². The molecule has 1 saturated heterocycles. The lowest BCUT2D eigenvalue weighted by atomic mass is 10.2. The molecule has 1 fully saturated rings. The van der Waals surface area contributed by atoms with Crippen LogP contribution >= 0.6 is 0 Å². The molecule has 2 N–H and O–H groups in total. The maximum Gasteiger partial charge on any atom is 0.354 e. The third-order valence-electron chi connectivity index (χ3n) is 4.93. The summed E-state index contributed by atoms with van der Waals surface area (Å²) in [6.07, 6.45) is 1.14. The highest BCUT2D eigenvalue weighted by atomic mass is 19.1. The van der Waals surface area contributed by atoms with Gasteiger partial charge in [0.25, 0.3) is 0 Å². The van der Waals surface area contributed by atoms with E-state index in [1.165, 1.54) is 30.3 Å². The Balaban J connectivity index is 1.63. The number of hydrogen-bond donors (Lipinski definition) is 2. The van der Waals surface area contributed by atoms with Crippen LogP contribution < -0.4 is 9.64 Å². The van der Waals surface area contributed by atoms with E-state index in [1.807, 2.05) is 0 Å². The van der Waals surface area contributed by atoms with Gasteiger partial charge in [-0.15, -0.1) is 0 Å². The smallest absolute Gasteiger partial charge is 0.354 e. The molecule has 0 amide bonds. The summed E-state index contributed by atoms with van der Waals surface area (Å²) in [5.74, 6) is -1.18. The molecule has 0 saturated carbocycles. The van der Waals surface area contributed by atoms with E-state index in [9.17, 15) is 24.2 Å². The Hall–Kier alpha value is -4.01. The van der Waals surface area contributed by atoms with Crippen LogP contribution in [0.2, 0.25) is 0 Å². The van der Waals surface area contributed by atoms with Crippen molar-refractivity contribution in [2.75, 3.05) is 11.4 Å². The van der Waals surface area contributed by atoms with Crippen molar-refractivity contribution in [3.8, 4) is 22.9 Å². The van der Waals surface area contributed by atoms with Crippen molar-refractivity contribution in [1.29, 1.82) is 0 Å². The Bertz CT molecular complexity index is 1120. The molecule has 8 nitrogen and oxygen atoms in total. The van der Waals surface area contributed by atoms with Crippen molar-refractivity contribution < 1.29 is 28.9 Å². The fourth-order valence-corrected chi connectivity index (χ4v) is 3.43. The minimum Gasteiger partial charge on any atom is -0.480 e. The molecule has 1 aliphatic rings. The maximum atomic E-state index is 13.0. The van der Waals surface area contributed by atoms with E-state index in [0.717, 1.165) is 0 Å². The molecule has 31 heavy (non-hydrogen) atoms. The summed E-state index contributed by atoms with van der Waals surface area (Å²) < 4.78 is 18.7. The molecule has 3 aromatic rings. The predicted octanol–water partition coefficient (Wildman–Crippen LogP) is 3.83. The highest BCUT2D eigenvalue weighted by Crippen LogP contribution is 2.29. The second-order valence-corrected chi connectivity index (χ2v) is 7.01. The van der Waals surface area contributed by atoms with Crippen LogP contribution in [0.25, 0.3) is 11.4 Å². The zero-order valence-electron chi connectivity index (χ0n) is 16.2. The molecule has 1 aliphatic heterocycles. The highest BCUT2D eigenvalue weighted by Gasteiger charge is 2.32. The van der Waals surface area contributed by atoms with Gasteiger partial charge >= 0.3 is 11.9 Å². The summed E-state index contributed by atoms with van der Waals surface area (Å²) in [6, 6.07) is 12.8. The average Bonchev–Trinajstić information content (AvgIpc) is 3.26. The fraction of sp³-hybridized carbons (Fsp3) is 0.182. The summed E-state index contributed by atoms with van der Waals surface area (Å²) in [5.41, 5.74) is 0.324. The number of benzene rings is 2. The molecule has 1 aromatic heterocycles. The lowest BCUT2D eigenvalue weighted by molar-refractivity contribution is -0.138. The van der Waals surface area contributed by atoms with E-state index in [-0.39, 0.29) is 23.2 Å². The Kier molecular flexibility index (Phi) is 5.48. The first-order valence-electron chi connectivity index (χ1n) is 9.56. The summed E-state index contributed by atoms with van der Waals surface area (Å²) in [6.45, 7) is 0.469. The predicted molar refractivity (Wildman–Crippen MR) is 109 cm³/mol. The fourth-order valence-electron chi connectivity index (χ4n) is 3.43. The van der Waals surface area contributed by atoms with Gasteiger partial charge in [0.05, 0.1) is 0 Å². The summed E-state index contributed by atoms with van der Waals surface area (Å²) >= 11 is 0. The number of carboxylic acids is 2. The first kappa shape index (κ1) is 20.3. The molecule has 2 heterocycles. The zero-order chi connectivity index (χ0) is 22.0. The highest BCUT2D eigenvalue weighted by molar-refractivity contribution is 5.87. The molecule has 9 heteroatoms. The first-order chi connectivity index (χ1) is 14.9. The van der Waals surface area contributed by atoms with Gasteiger partial charge in [-0.3, -0.25) is 0 Å².